The molecule has 0 nitrogen and oxygen atoms in total. The number of benzene rings is 9. The summed E-state index contributed by atoms with van der Waals surface area (Å²) in [5, 5.41) is 12.6. The molecule has 0 saturated carbocycles. The van der Waals surface area contributed by atoms with Crippen molar-refractivity contribution in [2.45, 2.75) is 0 Å². The fourth-order valence-corrected chi connectivity index (χ4v) is 13.5. The van der Waals surface area contributed by atoms with Crippen LogP contribution in [0.1, 0.15) is 0 Å². The van der Waals surface area contributed by atoms with Crippen molar-refractivity contribution >= 4 is 90.9 Å². The smallest absolute Gasteiger partial charge is 0.0134 e. The molecule has 0 fully saturated rings. The van der Waals surface area contributed by atoms with Crippen LogP contribution in [-0.2, 0) is 15.1 Å². The molecule has 0 radical (unpaired) electrons. The summed E-state index contributed by atoms with van der Waals surface area (Å²) in [6.45, 7) is 0. The van der Waals surface area contributed by atoms with Crippen molar-refractivity contribution in [3.63, 3.8) is 0 Å². The normalized spacial score (nSPS) is 10.4. The van der Waals surface area contributed by atoms with E-state index >= 15 is 0 Å². The van der Waals surface area contributed by atoms with E-state index in [0.717, 1.165) is 0 Å². The molecule has 299 valence electrons. The van der Waals surface area contributed by atoms with Gasteiger partial charge in [0.15, 0.2) is 0 Å². The second-order valence-electron chi connectivity index (χ2n) is 13.1. The molecule has 0 aromatic heterocycles. The van der Waals surface area contributed by atoms with Gasteiger partial charge in [0.1, 0.15) is 0 Å². The maximum atomic E-state index is 4.87. The molecular formula is C54H46Cl2P3Ru. The number of hydrogen-bond acceptors (Lipinski definition) is 0. The van der Waals surface area contributed by atoms with Crippen LogP contribution in [0.5, 0.6) is 0 Å². The van der Waals surface area contributed by atoms with Gasteiger partial charge in [-0.05, 0) is 71.5 Å². The molecule has 0 bridgehead atoms. The van der Waals surface area contributed by atoms with Crippen LogP contribution in [0.4, 0.5) is 0 Å². The van der Waals surface area contributed by atoms with E-state index < -0.39 is 38.9 Å². The molecule has 60 heavy (non-hydrogen) atoms. The van der Waals surface area contributed by atoms with Crippen LogP contribution in [0.25, 0.3) is 0 Å². The fourth-order valence-electron chi connectivity index (χ4n) is 6.54. The number of hydrogen-bond donors (Lipinski definition) is 0. The van der Waals surface area contributed by atoms with Gasteiger partial charge in [-0.1, -0.05) is 273 Å². The molecule has 0 saturated heterocycles. The second-order valence-corrected chi connectivity index (χ2v) is 22.6. The van der Waals surface area contributed by atoms with Gasteiger partial charge < -0.3 is 0 Å². The second kappa shape index (κ2) is 26.0. The van der Waals surface area contributed by atoms with E-state index in [1.807, 2.05) is 0 Å². The van der Waals surface area contributed by atoms with Crippen molar-refractivity contribution in [1.29, 1.82) is 0 Å². The summed E-state index contributed by atoms with van der Waals surface area (Å²) in [4.78, 5) is 0. The average molecular weight is 960 g/mol. The van der Waals surface area contributed by atoms with Gasteiger partial charge in [-0.15, -0.1) is 0 Å². The molecule has 0 aliphatic carbocycles. The summed E-state index contributed by atoms with van der Waals surface area (Å²) in [5.41, 5.74) is 0. The zero-order chi connectivity index (χ0) is 41.5. The van der Waals surface area contributed by atoms with Crippen LogP contribution in [0, 0.1) is 0 Å². The maximum absolute atomic E-state index is 4.87. The van der Waals surface area contributed by atoms with Gasteiger partial charge in [0.05, 0.1) is 0 Å². The minimum absolute atomic E-state index is 0.446. The van der Waals surface area contributed by atoms with Crippen molar-refractivity contribution in [3.8, 4) is 0 Å². The summed E-state index contributed by atoms with van der Waals surface area (Å²) in [7, 11) is 8.41. The molecule has 0 aliphatic rings. The summed E-state index contributed by atoms with van der Waals surface area (Å²) in [5.74, 6) is 0. The van der Waals surface area contributed by atoms with E-state index in [1.54, 1.807) is 0 Å². The van der Waals surface area contributed by atoms with Crippen LogP contribution in [0.3, 0.4) is 0 Å². The Labute approximate surface area is 376 Å². The van der Waals surface area contributed by atoms with E-state index in [2.05, 4.69) is 273 Å². The van der Waals surface area contributed by atoms with Gasteiger partial charge in [-0.3, -0.25) is 0 Å². The van der Waals surface area contributed by atoms with Crippen molar-refractivity contribution in [2.75, 3.05) is 0 Å². The van der Waals surface area contributed by atoms with Crippen LogP contribution in [0.15, 0.2) is 273 Å². The molecule has 6 heteroatoms. The summed E-state index contributed by atoms with van der Waals surface area (Å²) >= 11 is -0.466. The minimum atomic E-state index is -0.466. The molecule has 0 heterocycles. The van der Waals surface area contributed by atoms with Crippen molar-refractivity contribution < 1.29 is 15.1 Å². The van der Waals surface area contributed by atoms with Gasteiger partial charge in [0.25, 0.3) is 0 Å². The van der Waals surface area contributed by atoms with Crippen LogP contribution in [-0.4, -0.2) is 0 Å². The summed E-state index contributed by atoms with van der Waals surface area (Å²) < 4.78 is 0. The Balaban J connectivity index is 0.000000146. The first-order chi connectivity index (χ1) is 29.8. The summed E-state index contributed by atoms with van der Waals surface area (Å²) in [6.07, 6.45) is 0. The van der Waals surface area contributed by atoms with Gasteiger partial charge in [0.2, 0.25) is 0 Å². The molecule has 9 aromatic rings. The number of halogens is 2. The predicted molar refractivity (Wildman–Crippen MR) is 269 cm³/mol. The average Bonchev–Trinajstić information content (AvgIpc) is 3.33. The predicted octanol–water partition coefficient (Wildman–Crippen LogP) is 11.4. The Morgan fingerprint density at radius 1 is 0.183 bits per heavy atom. The third kappa shape index (κ3) is 13.8. The molecule has 9 aromatic carbocycles. The van der Waals surface area contributed by atoms with E-state index in [0.29, 0.717) is 0 Å². The molecule has 0 atom stereocenters. The zero-order valence-corrected chi connectivity index (χ0v) is 39.0. The Morgan fingerprint density at radius 2 is 0.267 bits per heavy atom. The maximum Gasteiger partial charge on any atom is -0.0134 e. The molecule has 0 amide bonds. The first-order valence-corrected chi connectivity index (χ1v) is 28.3. The van der Waals surface area contributed by atoms with E-state index in [1.165, 1.54) is 47.7 Å². The fraction of sp³-hybridized carbons (Fsp3) is 0. The van der Waals surface area contributed by atoms with Gasteiger partial charge >= 0.3 is 34.5 Å². The zero-order valence-electron chi connectivity index (χ0n) is 33.0. The van der Waals surface area contributed by atoms with E-state index in [4.69, 9.17) is 19.4 Å². The molecule has 0 unspecified atom stereocenters. The van der Waals surface area contributed by atoms with Crippen LogP contribution in [0.2, 0.25) is 0 Å². The summed E-state index contributed by atoms with van der Waals surface area (Å²) in [6, 6.07) is 97.0. The first kappa shape index (κ1) is 45.0. The standard InChI is InChI=1S/3C18H15P.2ClH.Ru.H/c3*1-4-10-16(11-5-1)19(17-12-6-2-7-13-17)18-14-8-3-9-15-18;;;;/h3*1-15H;2*1H;;/q;;;;;+2;/p-2. The Hall–Kier alpha value is -4.53. The monoisotopic (exact) mass is 959 g/mol. The van der Waals surface area contributed by atoms with E-state index in [9.17, 15) is 0 Å². The molecular weight excluding hydrogens is 913 g/mol. The molecule has 0 N–H and O–H groups in total. The van der Waals surface area contributed by atoms with E-state index in [-0.39, 0.29) is 0 Å². The molecule has 9 rings (SSSR count). The van der Waals surface area contributed by atoms with Crippen molar-refractivity contribution in [1.82, 2.24) is 0 Å². The minimum Gasteiger partial charge on any atom is -0.0622 e. The molecule has 0 aliphatic heterocycles. The number of rotatable bonds is 9. The Bertz CT molecular complexity index is 1890. The van der Waals surface area contributed by atoms with Gasteiger partial charge in [0, 0.05) is 0 Å². The van der Waals surface area contributed by atoms with Crippen LogP contribution < -0.4 is 47.7 Å². The topological polar surface area (TPSA) is 0 Å². The molecule has 0 spiro atoms. The third-order valence-corrected chi connectivity index (χ3v) is 16.5. The largest absolute Gasteiger partial charge is 0.0622 e. The SMILES string of the molecule is [Cl][RuH][Cl].c1ccc(P(c2ccccc2)c2ccccc2)cc1.c1ccc(P(c2ccccc2)c2ccccc2)cc1.c1ccc(P(c2ccccc2)c2ccccc2)cc1. The first-order valence-electron chi connectivity index (χ1n) is 19.5. The van der Waals surface area contributed by atoms with Crippen molar-refractivity contribution in [3.05, 3.63) is 273 Å². The Morgan fingerprint density at radius 3 is 0.350 bits per heavy atom. The Kier molecular flexibility index (Phi) is 19.5. The van der Waals surface area contributed by atoms with Gasteiger partial charge in [-0.25, -0.2) is 0 Å². The van der Waals surface area contributed by atoms with Crippen LogP contribution >= 0.6 is 43.1 Å². The quantitative estimate of drug-likeness (QED) is 0.0999. The van der Waals surface area contributed by atoms with Crippen molar-refractivity contribution in [2.24, 2.45) is 0 Å². The third-order valence-electron chi connectivity index (χ3n) is 9.13. The van der Waals surface area contributed by atoms with Gasteiger partial charge in [-0.2, -0.15) is 0 Å².